The average molecular weight is 252 g/mol. The Kier molecular flexibility index (Phi) is 4.14. The molecule has 0 aromatic heterocycles. The molecule has 0 saturated carbocycles. The van der Waals surface area contributed by atoms with Crippen molar-refractivity contribution in [3.63, 3.8) is 0 Å². The largest absolute Gasteiger partial charge is 0.478 e. The molecule has 0 aliphatic heterocycles. The monoisotopic (exact) mass is 252 g/mol. The van der Waals surface area contributed by atoms with Crippen LogP contribution in [0.1, 0.15) is 18.1 Å². The second-order valence-electron chi connectivity index (χ2n) is 4.31. The molecule has 1 N–H and O–H groups in total. The van der Waals surface area contributed by atoms with Crippen LogP contribution in [0.15, 0.2) is 54.6 Å². The van der Waals surface area contributed by atoms with Gasteiger partial charge in [-0.3, -0.25) is 0 Å². The Labute approximate surface area is 113 Å². The molecule has 0 unspecified atom stereocenters. The summed E-state index contributed by atoms with van der Waals surface area (Å²) >= 11 is 0. The SMILES string of the molecule is CCc1ccc(-c2ccccc2C=CC(=O)O)cc1. The lowest BCUT2D eigenvalue weighted by molar-refractivity contribution is -0.131. The molecule has 0 heterocycles. The predicted octanol–water partition coefficient (Wildman–Crippen LogP) is 4.01. The number of benzene rings is 2. The van der Waals surface area contributed by atoms with Crippen molar-refractivity contribution in [1.29, 1.82) is 0 Å². The van der Waals surface area contributed by atoms with Crippen LogP contribution in [-0.4, -0.2) is 11.1 Å². The number of aryl methyl sites for hydroxylation is 1. The number of hydrogen-bond acceptors (Lipinski definition) is 1. The van der Waals surface area contributed by atoms with E-state index in [-0.39, 0.29) is 0 Å². The molecule has 0 aliphatic carbocycles. The van der Waals surface area contributed by atoms with Gasteiger partial charge in [0, 0.05) is 6.08 Å². The van der Waals surface area contributed by atoms with E-state index in [1.165, 1.54) is 11.6 Å². The third-order valence-electron chi connectivity index (χ3n) is 3.04. The summed E-state index contributed by atoms with van der Waals surface area (Å²) in [6.07, 6.45) is 3.81. The second-order valence-corrected chi connectivity index (χ2v) is 4.31. The van der Waals surface area contributed by atoms with Crippen LogP contribution in [0.25, 0.3) is 17.2 Å². The highest BCUT2D eigenvalue weighted by molar-refractivity contribution is 5.87. The van der Waals surface area contributed by atoms with Gasteiger partial charge < -0.3 is 5.11 Å². The van der Waals surface area contributed by atoms with Crippen molar-refractivity contribution >= 4 is 12.0 Å². The summed E-state index contributed by atoms with van der Waals surface area (Å²) in [5.41, 5.74) is 4.35. The van der Waals surface area contributed by atoms with E-state index in [0.29, 0.717) is 0 Å². The minimum absolute atomic E-state index is 0.911. The summed E-state index contributed by atoms with van der Waals surface area (Å²) in [6, 6.07) is 16.1. The van der Waals surface area contributed by atoms with Gasteiger partial charge in [0.25, 0.3) is 0 Å². The summed E-state index contributed by atoms with van der Waals surface area (Å²) in [6.45, 7) is 2.12. The van der Waals surface area contributed by atoms with E-state index >= 15 is 0 Å². The Morgan fingerprint density at radius 3 is 2.42 bits per heavy atom. The summed E-state index contributed by atoms with van der Waals surface area (Å²) in [5, 5.41) is 8.72. The van der Waals surface area contributed by atoms with Crippen LogP contribution in [-0.2, 0) is 11.2 Å². The standard InChI is InChI=1S/C17H16O2/c1-2-13-7-9-15(10-8-13)16-6-4-3-5-14(16)11-12-17(18)19/h3-12H,2H2,1H3,(H,18,19). The van der Waals surface area contributed by atoms with E-state index < -0.39 is 5.97 Å². The molecule has 0 atom stereocenters. The molecule has 0 fully saturated rings. The van der Waals surface area contributed by atoms with Crippen molar-refractivity contribution in [1.82, 2.24) is 0 Å². The molecule has 2 aromatic rings. The maximum atomic E-state index is 10.6. The zero-order valence-electron chi connectivity index (χ0n) is 10.8. The topological polar surface area (TPSA) is 37.3 Å². The van der Waals surface area contributed by atoms with Crippen LogP contribution in [0.3, 0.4) is 0 Å². The Bertz CT molecular complexity index is 595. The first kappa shape index (κ1) is 13.1. The molecule has 2 heteroatoms. The van der Waals surface area contributed by atoms with Crippen molar-refractivity contribution < 1.29 is 9.90 Å². The summed E-state index contributed by atoms with van der Waals surface area (Å²) < 4.78 is 0. The molecule has 2 rings (SSSR count). The molecule has 0 saturated heterocycles. The Balaban J connectivity index is 2.40. The van der Waals surface area contributed by atoms with Gasteiger partial charge in [0.1, 0.15) is 0 Å². The minimum atomic E-state index is -0.934. The smallest absolute Gasteiger partial charge is 0.328 e. The van der Waals surface area contributed by atoms with Gasteiger partial charge in [0.15, 0.2) is 0 Å². The van der Waals surface area contributed by atoms with Gasteiger partial charge in [0.2, 0.25) is 0 Å². The van der Waals surface area contributed by atoms with Crippen molar-refractivity contribution in [2.45, 2.75) is 13.3 Å². The average Bonchev–Trinajstić information content (AvgIpc) is 2.45. The summed E-state index contributed by atoms with van der Waals surface area (Å²) in [5.74, 6) is -0.934. The lowest BCUT2D eigenvalue weighted by Crippen LogP contribution is -1.88. The molecule has 96 valence electrons. The number of hydrogen-bond donors (Lipinski definition) is 1. The van der Waals surface area contributed by atoms with E-state index in [9.17, 15) is 4.79 Å². The maximum absolute atomic E-state index is 10.6. The Hall–Kier alpha value is -2.35. The van der Waals surface area contributed by atoms with Gasteiger partial charge in [-0.1, -0.05) is 55.5 Å². The number of rotatable bonds is 4. The predicted molar refractivity (Wildman–Crippen MR) is 77.9 cm³/mol. The number of carboxylic acid groups (broad SMARTS) is 1. The van der Waals surface area contributed by atoms with Gasteiger partial charge in [-0.25, -0.2) is 4.79 Å². The summed E-state index contributed by atoms with van der Waals surface area (Å²) in [7, 11) is 0. The number of aliphatic carboxylic acids is 1. The molecule has 0 spiro atoms. The van der Waals surface area contributed by atoms with E-state index in [0.717, 1.165) is 23.1 Å². The van der Waals surface area contributed by atoms with Crippen molar-refractivity contribution in [2.75, 3.05) is 0 Å². The molecule has 2 nitrogen and oxygen atoms in total. The van der Waals surface area contributed by atoms with Crippen LogP contribution in [0.5, 0.6) is 0 Å². The molecule has 0 amide bonds. The highest BCUT2D eigenvalue weighted by Gasteiger charge is 2.02. The molecule has 0 aliphatic rings. The van der Waals surface area contributed by atoms with Crippen molar-refractivity contribution in [3.05, 3.63) is 65.7 Å². The van der Waals surface area contributed by atoms with Crippen molar-refractivity contribution in [3.8, 4) is 11.1 Å². The zero-order valence-corrected chi connectivity index (χ0v) is 10.8. The van der Waals surface area contributed by atoms with Gasteiger partial charge in [0.05, 0.1) is 0 Å². The second kappa shape index (κ2) is 6.01. The molecule has 0 bridgehead atoms. The Morgan fingerprint density at radius 2 is 1.79 bits per heavy atom. The Morgan fingerprint density at radius 1 is 1.11 bits per heavy atom. The quantitative estimate of drug-likeness (QED) is 0.835. The fourth-order valence-corrected chi connectivity index (χ4v) is 1.99. The van der Waals surface area contributed by atoms with Crippen molar-refractivity contribution in [2.24, 2.45) is 0 Å². The van der Waals surface area contributed by atoms with Crippen LogP contribution >= 0.6 is 0 Å². The van der Waals surface area contributed by atoms with E-state index in [1.807, 2.05) is 24.3 Å². The van der Waals surface area contributed by atoms with Crippen LogP contribution in [0.4, 0.5) is 0 Å². The molecule has 19 heavy (non-hydrogen) atoms. The lowest BCUT2D eigenvalue weighted by Gasteiger charge is -2.07. The van der Waals surface area contributed by atoms with Gasteiger partial charge in [-0.2, -0.15) is 0 Å². The van der Waals surface area contributed by atoms with E-state index in [4.69, 9.17) is 5.11 Å². The van der Waals surface area contributed by atoms with Gasteiger partial charge in [-0.05, 0) is 34.8 Å². The number of carbonyl (C=O) groups is 1. The fourth-order valence-electron chi connectivity index (χ4n) is 1.99. The third-order valence-corrected chi connectivity index (χ3v) is 3.04. The molecular formula is C17H16O2. The third kappa shape index (κ3) is 3.32. The highest BCUT2D eigenvalue weighted by atomic mass is 16.4. The zero-order chi connectivity index (χ0) is 13.7. The van der Waals surface area contributed by atoms with Gasteiger partial charge in [-0.15, -0.1) is 0 Å². The van der Waals surface area contributed by atoms with Crippen LogP contribution in [0, 0.1) is 0 Å². The number of carboxylic acids is 1. The molecule has 0 radical (unpaired) electrons. The molecule has 2 aromatic carbocycles. The fraction of sp³-hybridized carbons (Fsp3) is 0.118. The van der Waals surface area contributed by atoms with E-state index in [1.54, 1.807) is 6.08 Å². The van der Waals surface area contributed by atoms with Crippen LogP contribution < -0.4 is 0 Å². The first-order chi connectivity index (χ1) is 9.20. The highest BCUT2D eigenvalue weighted by Crippen LogP contribution is 2.25. The van der Waals surface area contributed by atoms with Crippen LogP contribution in [0.2, 0.25) is 0 Å². The minimum Gasteiger partial charge on any atom is -0.478 e. The first-order valence-electron chi connectivity index (χ1n) is 6.30. The molecular weight excluding hydrogens is 236 g/mol. The van der Waals surface area contributed by atoms with E-state index in [2.05, 4.69) is 31.2 Å². The normalized spacial score (nSPS) is 10.8. The van der Waals surface area contributed by atoms with Gasteiger partial charge >= 0.3 is 5.97 Å². The lowest BCUT2D eigenvalue weighted by atomic mass is 9.98. The maximum Gasteiger partial charge on any atom is 0.328 e. The summed E-state index contributed by atoms with van der Waals surface area (Å²) in [4.78, 5) is 10.6. The first-order valence-corrected chi connectivity index (χ1v) is 6.30.